The summed E-state index contributed by atoms with van der Waals surface area (Å²) in [6.45, 7) is 6.98. The maximum atomic E-state index is 13.2. The maximum Gasteiger partial charge on any atom is 0.253 e. The van der Waals surface area contributed by atoms with Crippen LogP contribution in [0.4, 0.5) is 0 Å². The molecule has 1 aromatic heterocycles. The van der Waals surface area contributed by atoms with Gasteiger partial charge in [0.25, 0.3) is 5.91 Å². The van der Waals surface area contributed by atoms with Gasteiger partial charge in [0.1, 0.15) is 5.52 Å². The molecule has 2 heterocycles. The second kappa shape index (κ2) is 7.45. The summed E-state index contributed by atoms with van der Waals surface area (Å²) in [6, 6.07) is 13.1. The minimum absolute atomic E-state index is 0.0162. The van der Waals surface area contributed by atoms with Crippen molar-refractivity contribution in [2.24, 2.45) is 5.73 Å². The van der Waals surface area contributed by atoms with Gasteiger partial charge in [-0.15, -0.1) is 0 Å². The molecule has 0 unspecified atom stereocenters. The van der Waals surface area contributed by atoms with E-state index in [0.717, 1.165) is 35.1 Å². The minimum Gasteiger partial charge on any atom is -0.436 e. The van der Waals surface area contributed by atoms with Gasteiger partial charge >= 0.3 is 0 Å². The van der Waals surface area contributed by atoms with Crippen molar-refractivity contribution in [3.05, 3.63) is 53.6 Å². The van der Waals surface area contributed by atoms with Crippen LogP contribution in [0.5, 0.6) is 0 Å². The molecule has 0 radical (unpaired) electrons. The number of aryl methyl sites for hydroxylation is 1. The number of amides is 2. The third kappa shape index (κ3) is 3.56. The molecule has 2 aromatic carbocycles. The zero-order valence-corrected chi connectivity index (χ0v) is 18.7. The summed E-state index contributed by atoms with van der Waals surface area (Å²) in [5, 5.41) is 0. The Morgan fingerprint density at radius 1 is 1.06 bits per heavy atom. The highest BCUT2D eigenvalue weighted by Crippen LogP contribution is 2.36. The number of hydrogen-bond donors (Lipinski definition) is 1. The van der Waals surface area contributed by atoms with E-state index in [-0.39, 0.29) is 23.9 Å². The van der Waals surface area contributed by atoms with Crippen LogP contribution in [0.2, 0.25) is 0 Å². The largest absolute Gasteiger partial charge is 0.436 e. The van der Waals surface area contributed by atoms with E-state index in [0.29, 0.717) is 24.5 Å². The van der Waals surface area contributed by atoms with Crippen molar-refractivity contribution in [2.75, 3.05) is 13.1 Å². The average molecular weight is 433 g/mol. The van der Waals surface area contributed by atoms with Gasteiger partial charge in [-0.05, 0) is 75.6 Å². The van der Waals surface area contributed by atoms with E-state index in [2.05, 4.69) is 4.98 Å². The summed E-state index contributed by atoms with van der Waals surface area (Å²) in [5.74, 6) is 0.515. The fourth-order valence-electron chi connectivity index (χ4n) is 4.59. The monoisotopic (exact) mass is 432 g/mol. The highest BCUT2D eigenvalue weighted by molar-refractivity contribution is 5.95. The van der Waals surface area contributed by atoms with Crippen molar-refractivity contribution in [2.45, 2.75) is 51.2 Å². The molecule has 1 aliphatic carbocycles. The second-order valence-electron chi connectivity index (χ2n) is 9.34. The lowest BCUT2D eigenvalue weighted by Gasteiger charge is -2.45. The molecule has 0 bridgehead atoms. The predicted molar refractivity (Wildman–Crippen MR) is 122 cm³/mol. The first-order valence-corrected chi connectivity index (χ1v) is 11.1. The quantitative estimate of drug-likeness (QED) is 0.685. The lowest BCUT2D eigenvalue weighted by Crippen LogP contribution is -2.63. The Bertz CT molecular complexity index is 1180. The van der Waals surface area contributed by atoms with Crippen molar-refractivity contribution in [1.82, 2.24) is 14.8 Å². The fourth-order valence-corrected chi connectivity index (χ4v) is 4.59. The van der Waals surface area contributed by atoms with E-state index in [9.17, 15) is 9.59 Å². The number of nitrogens with two attached hydrogens (primary N) is 1. The zero-order chi connectivity index (χ0) is 22.6. The van der Waals surface area contributed by atoms with E-state index in [1.165, 1.54) is 0 Å². The first kappa shape index (κ1) is 20.7. The number of aromatic nitrogens is 1. The molecule has 1 saturated carbocycles. The smallest absolute Gasteiger partial charge is 0.253 e. The van der Waals surface area contributed by atoms with Gasteiger partial charge in [-0.25, -0.2) is 4.98 Å². The summed E-state index contributed by atoms with van der Waals surface area (Å²) in [7, 11) is 0. The highest BCUT2D eigenvalue weighted by atomic mass is 16.3. The fraction of sp³-hybridized carbons (Fsp3) is 0.400. The summed E-state index contributed by atoms with van der Waals surface area (Å²) >= 11 is 0. The van der Waals surface area contributed by atoms with Crippen molar-refractivity contribution >= 4 is 22.9 Å². The van der Waals surface area contributed by atoms with Crippen molar-refractivity contribution in [1.29, 1.82) is 0 Å². The van der Waals surface area contributed by atoms with Crippen LogP contribution in [0.15, 0.2) is 46.9 Å². The standard InChI is InChI=1S/C25H28N4O3/c1-15-4-9-20-21(12-15)32-22(27-20)18-5-7-19(8-6-18)23(30)28-13-16(2)29(17(3)14-28)24(31)25(26)10-11-25/h4-9,12,16-17H,10-11,13-14,26H2,1-3H3/t16-,17+. The van der Waals surface area contributed by atoms with Crippen molar-refractivity contribution in [3.8, 4) is 11.5 Å². The topological polar surface area (TPSA) is 92.7 Å². The predicted octanol–water partition coefficient (Wildman–Crippen LogP) is 3.36. The first-order valence-electron chi connectivity index (χ1n) is 11.1. The van der Waals surface area contributed by atoms with E-state index < -0.39 is 5.54 Å². The van der Waals surface area contributed by atoms with Gasteiger partial charge in [-0.3, -0.25) is 9.59 Å². The molecule has 1 saturated heterocycles. The second-order valence-corrected chi connectivity index (χ2v) is 9.34. The molecule has 3 aromatic rings. The number of rotatable bonds is 3. The third-order valence-electron chi connectivity index (χ3n) is 6.58. The normalized spacial score (nSPS) is 22.2. The lowest BCUT2D eigenvalue weighted by atomic mass is 10.0. The van der Waals surface area contributed by atoms with Gasteiger partial charge in [0.2, 0.25) is 11.8 Å². The third-order valence-corrected chi connectivity index (χ3v) is 6.58. The van der Waals surface area contributed by atoms with Crippen LogP contribution in [0.1, 0.15) is 42.6 Å². The lowest BCUT2D eigenvalue weighted by molar-refractivity contribution is -0.140. The summed E-state index contributed by atoms with van der Waals surface area (Å²) in [5.41, 5.74) is 9.57. The van der Waals surface area contributed by atoms with Crippen LogP contribution in [-0.4, -0.2) is 57.3 Å². The van der Waals surface area contributed by atoms with Gasteiger partial charge < -0.3 is 20.0 Å². The van der Waals surface area contributed by atoms with Crippen LogP contribution >= 0.6 is 0 Å². The summed E-state index contributed by atoms with van der Waals surface area (Å²) < 4.78 is 5.89. The number of carbonyl (C=O) groups is 2. The number of piperazine rings is 1. The summed E-state index contributed by atoms with van der Waals surface area (Å²) in [6.07, 6.45) is 1.49. The molecule has 7 nitrogen and oxygen atoms in total. The van der Waals surface area contributed by atoms with Gasteiger partial charge in [0, 0.05) is 36.3 Å². The van der Waals surface area contributed by atoms with Crippen LogP contribution in [0.25, 0.3) is 22.6 Å². The minimum atomic E-state index is -0.687. The highest BCUT2D eigenvalue weighted by Gasteiger charge is 2.51. The number of hydrogen-bond acceptors (Lipinski definition) is 5. The Kier molecular flexibility index (Phi) is 4.82. The maximum absolute atomic E-state index is 13.2. The molecule has 2 aliphatic rings. The van der Waals surface area contributed by atoms with Gasteiger partial charge in [-0.1, -0.05) is 6.07 Å². The number of nitrogens with zero attached hydrogens (tertiary/aromatic N) is 3. The SMILES string of the molecule is Cc1ccc2nc(-c3ccc(C(=O)N4C[C@@H](C)N(C(=O)C5(N)CC5)[C@@H](C)C4)cc3)oc2c1. The van der Waals surface area contributed by atoms with E-state index in [4.69, 9.17) is 10.2 Å². The molecule has 2 amide bonds. The van der Waals surface area contributed by atoms with Gasteiger partial charge in [0.05, 0.1) is 5.54 Å². The number of carbonyl (C=O) groups excluding carboxylic acids is 2. The van der Waals surface area contributed by atoms with Crippen LogP contribution in [0, 0.1) is 6.92 Å². The van der Waals surface area contributed by atoms with Crippen molar-refractivity contribution in [3.63, 3.8) is 0 Å². The Balaban J connectivity index is 1.31. The molecule has 1 aliphatic heterocycles. The number of oxazole rings is 1. The molecular weight excluding hydrogens is 404 g/mol. The molecule has 5 rings (SSSR count). The van der Waals surface area contributed by atoms with Crippen LogP contribution in [-0.2, 0) is 4.79 Å². The van der Waals surface area contributed by atoms with Crippen LogP contribution in [0.3, 0.4) is 0 Å². The molecule has 7 heteroatoms. The zero-order valence-electron chi connectivity index (χ0n) is 18.7. The van der Waals surface area contributed by atoms with Crippen LogP contribution < -0.4 is 5.73 Å². The van der Waals surface area contributed by atoms with Gasteiger partial charge in [-0.2, -0.15) is 0 Å². The Hall–Kier alpha value is -3.19. The molecule has 2 fully saturated rings. The number of fused-ring (bicyclic) bond motifs is 1. The number of benzene rings is 2. The average Bonchev–Trinajstić information content (AvgIpc) is 3.38. The Labute approximate surface area is 187 Å². The molecule has 0 spiro atoms. The van der Waals surface area contributed by atoms with E-state index in [1.807, 2.05) is 73.0 Å². The molecule has 2 atom stereocenters. The Morgan fingerprint density at radius 2 is 1.72 bits per heavy atom. The van der Waals surface area contributed by atoms with Gasteiger partial charge in [0.15, 0.2) is 5.58 Å². The van der Waals surface area contributed by atoms with E-state index in [1.54, 1.807) is 0 Å². The summed E-state index contributed by atoms with van der Waals surface area (Å²) in [4.78, 5) is 34.2. The molecule has 166 valence electrons. The Morgan fingerprint density at radius 3 is 2.34 bits per heavy atom. The molecule has 32 heavy (non-hydrogen) atoms. The first-order chi connectivity index (χ1) is 15.2. The molecular formula is C25H28N4O3. The molecule has 2 N–H and O–H groups in total. The van der Waals surface area contributed by atoms with Crippen molar-refractivity contribution < 1.29 is 14.0 Å². The van der Waals surface area contributed by atoms with E-state index >= 15 is 0 Å².